The lowest BCUT2D eigenvalue weighted by Crippen LogP contribution is -2.73. The van der Waals surface area contributed by atoms with Gasteiger partial charge >= 0.3 is 11.9 Å². The van der Waals surface area contributed by atoms with Crippen LogP contribution in [0.1, 0.15) is 160 Å². The average molecular weight is 769 g/mol. The second kappa shape index (κ2) is 16.8. The van der Waals surface area contributed by atoms with Gasteiger partial charge in [-0.15, -0.1) is 0 Å². The molecule has 0 bridgehead atoms. The van der Waals surface area contributed by atoms with Crippen molar-refractivity contribution in [2.75, 3.05) is 39.6 Å². The maximum Gasteiger partial charge on any atom is 0.305 e. The van der Waals surface area contributed by atoms with Crippen molar-refractivity contribution in [2.24, 2.45) is 22.7 Å². The number of hydroxylamine groups is 4. The predicted molar refractivity (Wildman–Crippen MR) is 205 cm³/mol. The number of unbranched alkanes of at least 4 members (excludes halogenated alkanes) is 3. The van der Waals surface area contributed by atoms with Gasteiger partial charge in [-0.25, -0.2) is 0 Å². The fourth-order valence-electron chi connectivity index (χ4n) is 9.30. The molecule has 2 N–H and O–H groups in total. The number of ether oxygens (including phenoxy) is 6. The highest BCUT2D eigenvalue weighted by molar-refractivity contribution is 5.69. The van der Waals surface area contributed by atoms with Crippen LogP contribution in [-0.4, -0.2) is 106 Å². The average Bonchev–Trinajstić information content (AvgIpc) is 3.17. The van der Waals surface area contributed by atoms with Crippen molar-refractivity contribution in [1.29, 1.82) is 0 Å². The fraction of sp³-hybridized carbons (Fsp3) is 0.952. The zero-order valence-corrected chi connectivity index (χ0v) is 35.9. The predicted octanol–water partition coefficient (Wildman–Crippen LogP) is 8.05. The molecule has 0 aliphatic carbocycles. The summed E-state index contributed by atoms with van der Waals surface area (Å²) < 4.78 is 37.6. The van der Waals surface area contributed by atoms with Crippen molar-refractivity contribution in [3.05, 3.63) is 0 Å². The zero-order chi connectivity index (χ0) is 40.4. The molecule has 4 saturated heterocycles. The van der Waals surface area contributed by atoms with E-state index >= 15 is 0 Å². The van der Waals surface area contributed by atoms with Gasteiger partial charge in [0.15, 0.2) is 11.6 Å². The van der Waals surface area contributed by atoms with Gasteiger partial charge in [0.2, 0.25) is 0 Å². The summed E-state index contributed by atoms with van der Waals surface area (Å²) in [6.07, 6.45) is 7.81. The third-order valence-electron chi connectivity index (χ3n) is 14.7. The van der Waals surface area contributed by atoms with Crippen LogP contribution in [0, 0.1) is 22.7 Å². The van der Waals surface area contributed by atoms with Gasteiger partial charge in [0.05, 0.1) is 37.5 Å². The molecule has 4 heterocycles. The monoisotopic (exact) mass is 769 g/mol. The molecule has 4 aliphatic heterocycles. The van der Waals surface area contributed by atoms with Crippen molar-refractivity contribution in [3.63, 3.8) is 0 Å². The maximum absolute atomic E-state index is 12.6. The van der Waals surface area contributed by atoms with E-state index in [1.807, 2.05) is 13.8 Å². The summed E-state index contributed by atoms with van der Waals surface area (Å²) in [6, 6.07) is 0. The molecule has 314 valence electrons. The third kappa shape index (κ3) is 8.71. The van der Waals surface area contributed by atoms with E-state index in [1.165, 1.54) is 10.1 Å². The summed E-state index contributed by atoms with van der Waals surface area (Å²) in [5.74, 6) is -2.23. The molecular formula is C42H76N2O10. The van der Waals surface area contributed by atoms with E-state index < -0.39 is 44.6 Å². The van der Waals surface area contributed by atoms with Crippen LogP contribution in [0.3, 0.4) is 0 Å². The Kier molecular flexibility index (Phi) is 14.1. The number of hydrogen-bond donors (Lipinski definition) is 2. The number of piperidine rings is 2. The molecule has 0 amide bonds. The number of carbonyl (C=O) groups is 2. The first-order chi connectivity index (χ1) is 25.1. The van der Waals surface area contributed by atoms with Crippen LogP contribution in [0.25, 0.3) is 0 Å². The quantitative estimate of drug-likeness (QED) is 0.123. The number of esters is 2. The van der Waals surface area contributed by atoms with Crippen LogP contribution in [0.5, 0.6) is 0 Å². The van der Waals surface area contributed by atoms with Gasteiger partial charge < -0.3 is 38.8 Å². The number of rotatable bonds is 15. The normalized spacial score (nSPS) is 43.4. The summed E-state index contributed by atoms with van der Waals surface area (Å²) in [4.78, 5) is 25.3. The first kappa shape index (κ1) is 45.3. The van der Waals surface area contributed by atoms with Gasteiger partial charge in [0.1, 0.15) is 13.2 Å². The van der Waals surface area contributed by atoms with Crippen LogP contribution >= 0.6 is 0 Å². The highest BCUT2D eigenvalue weighted by atomic mass is 16.7. The largest absolute Gasteiger partial charge is 0.465 e. The standard InChI is InChI=1S/C42H76N2O10/c1-13-37(9)23-41(31(5)39(11,15-3)43(37)47)51-27-35(7,28-52-41)25-49-33(45)21-19-17-18-20-22-34(46)50-26-36(8)29-53-42(54-30-36)24-38(10,14-2)44(48)40(12,16-4)32(42)6/h31-32,47-48H,13-30H2,1-12H3. The Labute approximate surface area is 326 Å². The molecule has 54 heavy (non-hydrogen) atoms. The summed E-state index contributed by atoms with van der Waals surface area (Å²) in [7, 11) is 0. The van der Waals surface area contributed by atoms with E-state index in [9.17, 15) is 20.0 Å². The summed E-state index contributed by atoms with van der Waals surface area (Å²) in [5, 5.41) is 25.5. The minimum atomic E-state index is -0.808. The van der Waals surface area contributed by atoms with E-state index in [0.29, 0.717) is 65.0 Å². The van der Waals surface area contributed by atoms with Crippen LogP contribution < -0.4 is 0 Å². The second-order valence-corrected chi connectivity index (χ2v) is 19.2. The van der Waals surface area contributed by atoms with Crippen LogP contribution in [0.4, 0.5) is 0 Å². The molecule has 4 rings (SSSR count). The SMILES string of the molecule is CCC1(C)CC2(OCC(C)(COC(=O)CCCCCCC(=O)OCC3(C)COC4(CC(C)(CC)N(O)C(C)(CC)C4C)OC3)CO2)C(C)C(C)(CC)N1O. The Balaban J connectivity index is 1.12. The van der Waals surface area contributed by atoms with Crippen LogP contribution in [0.2, 0.25) is 0 Å². The number of hydrogen-bond acceptors (Lipinski definition) is 12. The zero-order valence-electron chi connectivity index (χ0n) is 35.9. The molecule has 0 aromatic heterocycles. The lowest BCUT2D eigenvalue weighted by molar-refractivity contribution is -0.401. The molecular weight excluding hydrogens is 692 g/mol. The fourth-order valence-corrected chi connectivity index (χ4v) is 9.30. The lowest BCUT2D eigenvalue weighted by atomic mass is 9.67. The molecule has 2 spiro atoms. The highest BCUT2D eigenvalue weighted by Gasteiger charge is 2.64. The molecule has 6 unspecified atom stereocenters. The maximum atomic E-state index is 12.6. The molecule has 0 saturated carbocycles. The number of nitrogens with zero attached hydrogens (tertiary/aromatic N) is 2. The van der Waals surface area contributed by atoms with Crippen molar-refractivity contribution < 1.29 is 48.4 Å². The smallest absolute Gasteiger partial charge is 0.305 e. The van der Waals surface area contributed by atoms with Crippen LogP contribution in [0.15, 0.2) is 0 Å². The minimum absolute atomic E-state index is 0.0672. The van der Waals surface area contributed by atoms with Gasteiger partial charge in [-0.3, -0.25) is 9.59 Å². The Morgan fingerprint density at radius 3 is 1.17 bits per heavy atom. The summed E-state index contributed by atoms with van der Waals surface area (Å²) >= 11 is 0. The van der Waals surface area contributed by atoms with Crippen molar-refractivity contribution in [1.82, 2.24) is 10.1 Å². The van der Waals surface area contributed by atoms with Gasteiger partial charge in [0.25, 0.3) is 0 Å². The van der Waals surface area contributed by atoms with Crippen molar-refractivity contribution in [2.45, 2.75) is 194 Å². The van der Waals surface area contributed by atoms with E-state index in [1.54, 1.807) is 0 Å². The first-order valence-electron chi connectivity index (χ1n) is 21.0. The Bertz CT molecular complexity index is 1190. The van der Waals surface area contributed by atoms with Crippen molar-refractivity contribution in [3.8, 4) is 0 Å². The topological polar surface area (TPSA) is 136 Å². The van der Waals surface area contributed by atoms with E-state index in [-0.39, 0.29) is 37.0 Å². The molecule has 4 aliphatic rings. The summed E-state index contributed by atoms with van der Waals surface area (Å²) in [6.45, 7) is 26.9. The Morgan fingerprint density at radius 1 is 0.574 bits per heavy atom. The molecule has 12 nitrogen and oxygen atoms in total. The number of carbonyl (C=O) groups excluding carboxylic acids is 2. The van der Waals surface area contributed by atoms with E-state index in [4.69, 9.17) is 28.4 Å². The van der Waals surface area contributed by atoms with Gasteiger partial charge in [-0.05, 0) is 66.2 Å². The van der Waals surface area contributed by atoms with E-state index in [0.717, 1.165) is 38.5 Å². The van der Waals surface area contributed by atoms with Gasteiger partial charge in [0, 0.05) is 59.4 Å². The molecule has 0 aromatic carbocycles. The molecule has 6 atom stereocenters. The molecule has 0 radical (unpaired) electrons. The molecule has 12 heteroatoms. The van der Waals surface area contributed by atoms with Crippen molar-refractivity contribution >= 4 is 11.9 Å². The van der Waals surface area contributed by atoms with Crippen LogP contribution in [-0.2, 0) is 38.0 Å². The van der Waals surface area contributed by atoms with E-state index in [2.05, 4.69) is 69.2 Å². The Morgan fingerprint density at radius 2 is 0.889 bits per heavy atom. The second-order valence-electron chi connectivity index (χ2n) is 19.2. The third-order valence-corrected chi connectivity index (χ3v) is 14.7. The van der Waals surface area contributed by atoms with Gasteiger partial charge in [-0.2, -0.15) is 10.1 Å². The minimum Gasteiger partial charge on any atom is -0.465 e. The molecule has 4 fully saturated rings. The Hall–Kier alpha value is -1.38. The van der Waals surface area contributed by atoms with Gasteiger partial charge in [-0.1, -0.05) is 68.2 Å². The first-order valence-corrected chi connectivity index (χ1v) is 21.0. The highest BCUT2D eigenvalue weighted by Crippen LogP contribution is 2.55. The summed E-state index contributed by atoms with van der Waals surface area (Å²) in [5.41, 5.74) is -2.87. The lowest BCUT2D eigenvalue weighted by Gasteiger charge is -2.63. The molecule has 0 aromatic rings.